The zero-order valence-electron chi connectivity index (χ0n) is 9.77. The number of fused-ring (bicyclic) bond motifs is 1. The lowest BCUT2D eigenvalue weighted by molar-refractivity contribution is 0.628. The first-order valence-corrected chi connectivity index (χ1v) is 5.99. The van der Waals surface area contributed by atoms with Crippen LogP contribution in [0.3, 0.4) is 0 Å². The van der Waals surface area contributed by atoms with Crippen LogP contribution in [0.5, 0.6) is 0 Å². The summed E-state index contributed by atoms with van der Waals surface area (Å²) in [5, 5.41) is 1.16. The number of halogens is 2. The third kappa shape index (κ3) is 2.11. The molecule has 0 fully saturated rings. The summed E-state index contributed by atoms with van der Waals surface area (Å²) in [4.78, 5) is 8.36. The van der Waals surface area contributed by atoms with Crippen LogP contribution >= 0.6 is 11.6 Å². The normalized spacial score (nSPS) is 10.8. The van der Waals surface area contributed by atoms with E-state index in [2.05, 4.69) is 9.97 Å². The molecule has 3 rings (SSSR count). The second kappa shape index (κ2) is 4.48. The number of anilines is 1. The number of aromatic nitrogens is 2. The summed E-state index contributed by atoms with van der Waals surface area (Å²) in [6, 6.07) is 9.74. The van der Waals surface area contributed by atoms with Crippen molar-refractivity contribution in [2.75, 3.05) is 5.73 Å². The molecule has 0 atom stereocenters. The van der Waals surface area contributed by atoms with Gasteiger partial charge in [-0.25, -0.2) is 14.4 Å². The van der Waals surface area contributed by atoms with Gasteiger partial charge < -0.3 is 5.73 Å². The highest BCUT2D eigenvalue weighted by Crippen LogP contribution is 2.33. The molecule has 3 aromatic rings. The molecule has 0 spiro atoms. The highest BCUT2D eigenvalue weighted by Gasteiger charge is 2.11. The van der Waals surface area contributed by atoms with E-state index in [1.54, 1.807) is 12.3 Å². The highest BCUT2D eigenvalue weighted by molar-refractivity contribution is 6.33. The molecule has 0 aliphatic heterocycles. The van der Waals surface area contributed by atoms with Crippen LogP contribution in [0.1, 0.15) is 0 Å². The Labute approximate surface area is 113 Å². The molecule has 5 heteroatoms. The number of pyridine rings is 2. The minimum atomic E-state index is -0.386. The molecule has 0 aliphatic carbocycles. The molecule has 0 radical (unpaired) electrons. The number of hydrogen-bond acceptors (Lipinski definition) is 3. The molecule has 0 aliphatic rings. The van der Waals surface area contributed by atoms with Gasteiger partial charge in [0.15, 0.2) is 5.65 Å². The maximum atomic E-state index is 13.1. The van der Waals surface area contributed by atoms with Crippen LogP contribution in [0, 0.1) is 5.82 Å². The maximum absolute atomic E-state index is 13.1. The maximum Gasteiger partial charge on any atom is 0.161 e. The van der Waals surface area contributed by atoms with E-state index in [4.69, 9.17) is 17.3 Å². The van der Waals surface area contributed by atoms with Crippen molar-refractivity contribution in [3.8, 4) is 11.1 Å². The molecule has 0 bridgehead atoms. The van der Waals surface area contributed by atoms with E-state index in [0.717, 1.165) is 5.39 Å². The van der Waals surface area contributed by atoms with Crippen LogP contribution in [0.2, 0.25) is 5.02 Å². The molecule has 2 N–H and O–H groups in total. The van der Waals surface area contributed by atoms with Gasteiger partial charge in [-0.15, -0.1) is 0 Å². The summed E-state index contributed by atoms with van der Waals surface area (Å²) in [6.45, 7) is 0. The van der Waals surface area contributed by atoms with Crippen LogP contribution in [-0.4, -0.2) is 9.97 Å². The Hall–Kier alpha value is -2.20. The SMILES string of the molecule is Nc1nc2ncccc2cc1-c1ccc(F)cc1Cl. The summed E-state index contributed by atoms with van der Waals surface area (Å²) in [6.07, 6.45) is 1.65. The third-order valence-corrected chi connectivity index (χ3v) is 3.15. The summed E-state index contributed by atoms with van der Waals surface area (Å²) < 4.78 is 13.1. The zero-order chi connectivity index (χ0) is 13.4. The lowest BCUT2D eigenvalue weighted by Crippen LogP contribution is -1.96. The standard InChI is InChI=1S/C14H9ClFN3/c15-12-7-9(16)3-4-10(12)11-6-8-2-1-5-18-14(8)19-13(11)17/h1-7H,(H2,17,18,19). The average Bonchev–Trinajstić information content (AvgIpc) is 2.38. The van der Waals surface area contributed by atoms with Gasteiger partial charge in [-0.1, -0.05) is 11.6 Å². The summed E-state index contributed by atoms with van der Waals surface area (Å²) in [5.74, 6) is -0.0672. The third-order valence-electron chi connectivity index (χ3n) is 2.84. The minimum absolute atomic E-state index is 0.303. The highest BCUT2D eigenvalue weighted by atomic mass is 35.5. The Morgan fingerprint density at radius 2 is 1.95 bits per heavy atom. The van der Waals surface area contributed by atoms with Crippen molar-refractivity contribution in [3.05, 3.63) is 53.4 Å². The molecule has 0 unspecified atom stereocenters. The number of nitrogen functional groups attached to an aromatic ring is 1. The van der Waals surface area contributed by atoms with Crippen LogP contribution in [-0.2, 0) is 0 Å². The molecule has 2 heterocycles. The van der Waals surface area contributed by atoms with Gasteiger partial charge in [0.1, 0.15) is 11.6 Å². The van der Waals surface area contributed by atoms with Gasteiger partial charge >= 0.3 is 0 Å². The van der Waals surface area contributed by atoms with Gasteiger partial charge in [-0.2, -0.15) is 0 Å². The van der Waals surface area contributed by atoms with E-state index in [0.29, 0.717) is 27.6 Å². The Bertz CT molecular complexity index is 774. The van der Waals surface area contributed by atoms with E-state index in [-0.39, 0.29) is 5.82 Å². The number of benzene rings is 1. The van der Waals surface area contributed by atoms with Crippen LogP contribution in [0.25, 0.3) is 22.2 Å². The lowest BCUT2D eigenvalue weighted by atomic mass is 10.0. The number of nitrogens with two attached hydrogens (primary N) is 1. The molecular formula is C14H9ClFN3. The number of rotatable bonds is 1. The summed E-state index contributed by atoms with van der Waals surface area (Å²) in [7, 11) is 0. The quantitative estimate of drug-likeness (QED) is 0.736. The topological polar surface area (TPSA) is 51.8 Å². The molecule has 2 aromatic heterocycles. The van der Waals surface area contributed by atoms with E-state index in [1.807, 2.05) is 18.2 Å². The van der Waals surface area contributed by atoms with Gasteiger partial charge in [-0.05, 0) is 36.4 Å². The molecule has 0 saturated carbocycles. The predicted octanol–water partition coefficient (Wildman–Crippen LogP) is 3.67. The molecular weight excluding hydrogens is 265 g/mol. The van der Waals surface area contributed by atoms with Crippen molar-refractivity contribution in [2.24, 2.45) is 0 Å². The molecule has 1 aromatic carbocycles. The summed E-state index contributed by atoms with van der Waals surface area (Å²) >= 11 is 6.05. The average molecular weight is 274 g/mol. The van der Waals surface area contributed by atoms with Gasteiger partial charge in [0.2, 0.25) is 0 Å². The largest absolute Gasteiger partial charge is 0.383 e. The molecule has 94 valence electrons. The molecule has 0 amide bonds. The fraction of sp³-hybridized carbons (Fsp3) is 0. The molecule has 0 saturated heterocycles. The van der Waals surface area contributed by atoms with Crippen molar-refractivity contribution >= 4 is 28.5 Å². The second-order valence-corrected chi connectivity index (χ2v) is 4.50. The Kier molecular flexibility index (Phi) is 2.80. The van der Waals surface area contributed by atoms with Crippen LogP contribution in [0.15, 0.2) is 42.6 Å². The summed E-state index contributed by atoms with van der Waals surface area (Å²) in [5.41, 5.74) is 7.82. The van der Waals surface area contributed by atoms with Crippen LogP contribution < -0.4 is 5.73 Å². The number of nitrogens with zero attached hydrogens (tertiary/aromatic N) is 2. The molecule has 19 heavy (non-hydrogen) atoms. The fourth-order valence-electron chi connectivity index (χ4n) is 1.94. The van der Waals surface area contributed by atoms with Crippen molar-refractivity contribution in [2.45, 2.75) is 0 Å². The van der Waals surface area contributed by atoms with Gasteiger partial charge in [0.25, 0.3) is 0 Å². The minimum Gasteiger partial charge on any atom is -0.383 e. The van der Waals surface area contributed by atoms with Crippen molar-refractivity contribution < 1.29 is 4.39 Å². The van der Waals surface area contributed by atoms with Crippen molar-refractivity contribution in [1.29, 1.82) is 0 Å². The molecule has 3 nitrogen and oxygen atoms in total. The van der Waals surface area contributed by atoms with E-state index in [1.165, 1.54) is 12.1 Å². The zero-order valence-corrected chi connectivity index (χ0v) is 10.5. The van der Waals surface area contributed by atoms with E-state index >= 15 is 0 Å². The second-order valence-electron chi connectivity index (χ2n) is 4.10. The first kappa shape index (κ1) is 11.9. The smallest absolute Gasteiger partial charge is 0.161 e. The monoisotopic (exact) mass is 273 g/mol. The number of hydrogen-bond donors (Lipinski definition) is 1. The van der Waals surface area contributed by atoms with Crippen molar-refractivity contribution in [1.82, 2.24) is 9.97 Å². The van der Waals surface area contributed by atoms with Crippen molar-refractivity contribution in [3.63, 3.8) is 0 Å². The van der Waals surface area contributed by atoms with Gasteiger partial charge in [-0.3, -0.25) is 0 Å². The van der Waals surface area contributed by atoms with Gasteiger partial charge in [0.05, 0.1) is 5.02 Å². The van der Waals surface area contributed by atoms with E-state index in [9.17, 15) is 4.39 Å². The first-order valence-electron chi connectivity index (χ1n) is 5.62. The Morgan fingerprint density at radius 1 is 1.11 bits per heavy atom. The van der Waals surface area contributed by atoms with E-state index < -0.39 is 0 Å². The predicted molar refractivity (Wildman–Crippen MR) is 74.4 cm³/mol. The fourth-order valence-corrected chi connectivity index (χ4v) is 2.21. The van der Waals surface area contributed by atoms with Crippen LogP contribution in [0.4, 0.5) is 10.2 Å². The lowest BCUT2D eigenvalue weighted by Gasteiger charge is -2.08. The Balaban J connectivity index is 2.27. The van der Waals surface area contributed by atoms with Gasteiger partial charge in [0, 0.05) is 22.7 Å². The Morgan fingerprint density at radius 3 is 2.74 bits per heavy atom. The first-order chi connectivity index (χ1) is 9.15.